The van der Waals surface area contributed by atoms with E-state index < -0.39 is 0 Å². The number of aromatic nitrogens is 1. The van der Waals surface area contributed by atoms with Gasteiger partial charge in [0.1, 0.15) is 11.6 Å². The number of aromatic hydroxyl groups is 1. The third-order valence-corrected chi connectivity index (χ3v) is 4.76. The van der Waals surface area contributed by atoms with Gasteiger partial charge in [-0.3, -0.25) is 4.79 Å². The quantitative estimate of drug-likeness (QED) is 0.873. The number of hydrogen-bond acceptors (Lipinski definition) is 4. The first-order chi connectivity index (χ1) is 11.6. The Morgan fingerprint density at radius 2 is 1.79 bits per heavy atom. The number of benzene rings is 1. The van der Waals surface area contributed by atoms with E-state index in [1.807, 2.05) is 29.2 Å². The molecule has 3 rings (SSSR count). The monoisotopic (exact) mass is 389 g/mol. The Labute approximate surface area is 150 Å². The van der Waals surface area contributed by atoms with Crippen molar-refractivity contribution in [2.75, 3.05) is 31.1 Å². The normalized spacial score (nSPS) is 14.7. The smallest absolute Gasteiger partial charge is 0.223 e. The van der Waals surface area contributed by atoms with E-state index in [4.69, 9.17) is 0 Å². The number of halogens is 1. The van der Waals surface area contributed by atoms with E-state index in [9.17, 15) is 9.90 Å². The summed E-state index contributed by atoms with van der Waals surface area (Å²) in [6.45, 7) is 2.95. The first-order valence-corrected chi connectivity index (χ1v) is 8.83. The molecule has 0 radical (unpaired) electrons. The molecule has 1 amide bonds. The summed E-state index contributed by atoms with van der Waals surface area (Å²) in [5, 5.41) is 9.30. The summed E-state index contributed by atoms with van der Waals surface area (Å²) < 4.78 is 1.05. The summed E-state index contributed by atoms with van der Waals surface area (Å²) in [5.41, 5.74) is 1.18. The largest absolute Gasteiger partial charge is 0.506 e. The first-order valence-electron chi connectivity index (χ1n) is 8.04. The molecule has 5 nitrogen and oxygen atoms in total. The van der Waals surface area contributed by atoms with Crippen LogP contribution in [-0.2, 0) is 11.2 Å². The van der Waals surface area contributed by atoms with Crippen molar-refractivity contribution < 1.29 is 9.90 Å². The van der Waals surface area contributed by atoms with Crippen molar-refractivity contribution in [3.63, 3.8) is 0 Å². The maximum absolute atomic E-state index is 12.4. The van der Waals surface area contributed by atoms with Gasteiger partial charge in [-0.05, 0) is 36.2 Å². The number of anilines is 1. The van der Waals surface area contributed by atoms with Crippen LogP contribution in [0, 0.1) is 0 Å². The lowest BCUT2D eigenvalue weighted by molar-refractivity contribution is -0.131. The van der Waals surface area contributed by atoms with E-state index in [2.05, 4.69) is 25.8 Å². The molecule has 0 unspecified atom stereocenters. The summed E-state index contributed by atoms with van der Waals surface area (Å²) in [6.07, 6.45) is 2.76. The highest BCUT2D eigenvalue weighted by atomic mass is 79.9. The lowest BCUT2D eigenvalue weighted by atomic mass is 10.1. The van der Waals surface area contributed by atoms with Crippen LogP contribution in [0.1, 0.15) is 12.0 Å². The topological polar surface area (TPSA) is 56.7 Å². The van der Waals surface area contributed by atoms with Crippen LogP contribution in [-0.4, -0.2) is 47.1 Å². The lowest BCUT2D eigenvalue weighted by Gasteiger charge is -2.35. The molecule has 2 heterocycles. The molecule has 0 bridgehead atoms. The van der Waals surface area contributed by atoms with Gasteiger partial charge in [-0.25, -0.2) is 4.98 Å². The number of carbonyl (C=O) groups excluding carboxylic acids is 1. The second-order valence-corrected chi connectivity index (χ2v) is 6.78. The minimum Gasteiger partial charge on any atom is -0.506 e. The van der Waals surface area contributed by atoms with Gasteiger partial charge < -0.3 is 14.9 Å². The highest BCUT2D eigenvalue weighted by Gasteiger charge is 2.21. The van der Waals surface area contributed by atoms with Gasteiger partial charge in [0, 0.05) is 37.1 Å². The SMILES string of the molecule is O=C(CCc1ccc(Br)cc1)N1CCN(c2ccc(O)cn2)CC1. The highest BCUT2D eigenvalue weighted by molar-refractivity contribution is 9.10. The molecule has 1 aliphatic heterocycles. The Balaban J connectivity index is 1.48. The maximum Gasteiger partial charge on any atom is 0.223 e. The van der Waals surface area contributed by atoms with Crippen molar-refractivity contribution >= 4 is 27.7 Å². The standard InChI is InChI=1S/C18H20BrN3O2/c19-15-4-1-14(2-5-15)3-8-18(24)22-11-9-21(10-12-22)17-7-6-16(23)13-20-17/h1-2,4-7,13,23H,3,8-12H2. The Morgan fingerprint density at radius 3 is 2.42 bits per heavy atom. The highest BCUT2D eigenvalue weighted by Crippen LogP contribution is 2.17. The fourth-order valence-electron chi connectivity index (χ4n) is 2.81. The Hall–Kier alpha value is -2.08. The fourth-order valence-corrected chi connectivity index (χ4v) is 3.08. The van der Waals surface area contributed by atoms with Gasteiger partial charge in [0.25, 0.3) is 0 Å². The van der Waals surface area contributed by atoms with Crippen LogP contribution in [0.3, 0.4) is 0 Å². The van der Waals surface area contributed by atoms with Crippen molar-refractivity contribution in [2.45, 2.75) is 12.8 Å². The molecule has 2 aromatic rings. The van der Waals surface area contributed by atoms with Gasteiger partial charge in [-0.15, -0.1) is 0 Å². The number of carbonyl (C=O) groups is 1. The van der Waals surface area contributed by atoms with Crippen LogP contribution >= 0.6 is 15.9 Å². The van der Waals surface area contributed by atoms with E-state index in [1.54, 1.807) is 12.1 Å². The first kappa shape index (κ1) is 16.8. The van der Waals surface area contributed by atoms with E-state index in [0.717, 1.165) is 29.8 Å². The predicted octanol–water partition coefficient (Wildman–Crippen LogP) is 2.83. The Kier molecular flexibility index (Phi) is 5.35. The van der Waals surface area contributed by atoms with Gasteiger partial charge in [-0.2, -0.15) is 0 Å². The molecular weight excluding hydrogens is 370 g/mol. The van der Waals surface area contributed by atoms with Crippen molar-refractivity contribution in [1.82, 2.24) is 9.88 Å². The molecule has 1 aliphatic rings. The zero-order chi connectivity index (χ0) is 16.9. The van der Waals surface area contributed by atoms with Gasteiger partial charge in [0.15, 0.2) is 0 Å². The fraction of sp³-hybridized carbons (Fsp3) is 0.333. The molecule has 0 spiro atoms. The molecule has 1 aromatic heterocycles. The van der Waals surface area contributed by atoms with Crippen LogP contribution in [0.15, 0.2) is 47.1 Å². The van der Waals surface area contributed by atoms with E-state index in [-0.39, 0.29) is 11.7 Å². The number of amides is 1. The third kappa shape index (κ3) is 4.26. The van der Waals surface area contributed by atoms with Crippen molar-refractivity contribution in [3.8, 4) is 5.75 Å². The second kappa shape index (κ2) is 7.66. The molecule has 1 fully saturated rings. The van der Waals surface area contributed by atoms with E-state index in [0.29, 0.717) is 19.5 Å². The van der Waals surface area contributed by atoms with Crippen molar-refractivity contribution in [1.29, 1.82) is 0 Å². The van der Waals surface area contributed by atoms with Crippen molar-refractivity contribution in [2.24, 2.45) is 0 Å². The Morgan fingerprint density at radius 1 is 1.08 bits per heavy atom. The molecule has 1 N–H and O–H groups in total. The summed E-state index contributed by atoms with van der Waals surface area (Å²) in [7, 11) is 0. The molecule has 24 heavy (non-hydrogen) atoms. The van der Waals surface area contributed by atoms with Crippen LogP contribution in [0.2, 0.25) is 0 Å². The minimum absolute atomic E-state index is 0.167. The number of hydrogen-bond donors (Lipinski definition) is 1. The summed E-state index contributed by atoms with van der Waals surface area (Å²) in [4.78, 5) is 20.7. The second-order valence-electron chi connectivity index (χ2n) is 5.87. The number of pyridine rings is 1. The molecule has 1 aromatic carbocycles. The maximum atomic E-state index is 12.4. The molecule has 126 valence electrons. The zero-order valence-corrected chi connectivity index (χ0v) is 14.9. The average molecular weight is 390 g/mol. The van der Waals surface area contributed by atoms with Crippen LogP contribution < -0.4 is 4.90 Å². The van der Waals surface area contributed by atoms with Crippen LogP contribution in [0.4, 0.5) is 5.82 Å². The molecular formula is C18H20BrN3O2. The third-order valence-electron chi connectivity index (χ3n) is 4.23. The molecule has 0 saturated carbocycles. The van der Waals surface area contributed by atoms with E-state index in [1.165, 1.54) is 11.8 Å². The summed E-state index contributed by atoms with van der Waals surface area (Å²) >= 11 is 3.42. The number of aryl methyl sites for hydroxylation is 1. The summed E-state index contributed by atoms with van der Waals surface area (Å²) in [5.74, 6) is 1.21. The number of piperazine rings is 1. The van der Waals surface area contributed by atoms with Crippen molar-refractivity contribution in [3.05, 3.63) is 52.6 Å². The van der Waals surface area contributed by atoms with Gasteiger partial charge in [-0.1, -0.05) is 28.1 Å². The van der Waals surface area contributed by atoms with E-state index >= 15 is 0 Å². The number of rotatable bonds is 4. The lowest BCUT2D eigenvalue weighted by Crippen LogP contribution is -2.49. The van der Waals surface area contributed by atoms with Crippen LogP contribution in [0.5, 0.6) is 5.75 Å². The zero-order valence-electron chi connectivity index (χ0n) is 13.4. The van der Waals surface area contributed by atoms with Crippen LogP contribution in [0.25, 0.3) is 0 Å². The average Bonchev–Trinajstić information content (AvgIpc) is 2.62. The summed E-state index contributed by atoms with van der Waals surface area (Å²) in [6, 6.07) is 11.5. The molecule has 1 saturated heterocycles. The molecule has 6 heteroatoms. The van der Waals surface area contributed by atoms with Gasteiger partial charge >= 0.3 is 0 Å². The Bertz CT molecular complexity index is 680. The predicted molar refractivity (Wildman–Crippen MR) is 97.2 cm³/mol. The van der Waals surface area contributed by atoms with Gasteiger partial charge in [0.2, 0.25) is 5.91 Å². The molecule has 0 atom stereocenters. The minimum atomic E-state index is 0.167. The molecule has 0 aliphatic carbocycles. The van der Waals surface area contributed by atoms with Gasteiger partial charge in [0.05, 0.1) is 6.20 Å². The number of nitrogens with zero attached hydrogens (tertiary/aromatic N) is 3.